The van der Waals surface area contributed by atoms with Gasteiger partial charge in [-0.1, -0.05) is 31.2 Å². The molecule has 0 saturated carbocycles. The van der Waals surface area contributed by atoms with Gasteiger partial charge in [-0.2, -0.15) is 0 Å². The molecule has 1 aliphatic heterocycles. The van der Waals surface area contributed by atoms with Crippen LogP contribution in [0, 0.1) is 6.92 Å². The molecule has 0 fully saturated rings. The summed E-state index contributed by atoms with van der Waals surface area (Å²) >= 11 is 0. The summed E-state index contributed by atoms with van der Waals surface area (Å²) < 4.78 is 0. The third-order valence-electron chi connectivity index (χ3n) is 4.45. The van der Waals surface area contributed by atoms with Crippen LogP contribution in [0.25, 0.3) is 16.5 Å². The van der Waals surface area contributed by atoms with E-state index in [0.29, 0.717) is 0 Å². The fourth-order valence-corrected chi connectivity index (χ4v) is 3.22. The van der Waals surface area contributed by atoms with Gasteiger partial charge in [-0.15, -0.1) is 0 Å². The Morgan fingerprint density at radius 3 is 2.86 bits per heavy atom. The van der Waals surface area contributed by atoms with Crippen molar-refractivity contribution < 1.29 is 5.11 Å². The number of H-pyrrole nitrogens is 1. The molecule has 0 radical (unpaired) electrons. The molecule has 0 aliphatic carbocycles. The molecule has 2 aromatic rings. The zero-order chi connectivity index (χ0) is 14.8. The predicted molar refractivity (Wildman–Crippen MR) is 88.4 cm³/mol. The molecule has 112 valence electrons. The molecule has 3 rings (SSSR count). The zero-order valence-electron chi connectivity index (χ0n) is 12.9. The average Bonchev–Trinajstić information content (AvgIpc) is 2.84. The molecular formula is C18H24N2O. The van der Waals surface area contributed by atoms with Crippen LogP contribution in [-0.2, 0) is 0 Å². The van der Waals surface area contributed by atoms with E-state index in [2.05, 4.69) is 47.1 Å². The highest BCUT2D eigenvalue weighted by Gasteiger charge is 2.18. The number of rotatable bonds is 4. The van der Waals surface area contributed by atoms with E-state index in [1.165, 1.54) is 27.7 Å². The third-order valence-corrected chi connectivity index (χ3v) is 4.45. The van der Waals surface area contributed by atoms with Crippen LogP contribution >= 0.6 is 0 Å². The average molecular weight is 284 g/mol. The lowest BCUT2D eigenvalue weighted by Gasteiger charge is -2.28. The number of benzene rings is 1. The minimum absolute atomic E-state index is 0.199. The van der Waals surface area contributed by atoms with Gasteiger partial charge in [-0.25, -0.2) is 0 Å². The van der Waals surface area contributed by atoms with Crippen LogP contribution in [0.5, 0.6) is 0 Å². The van der Waals surface area contributed by atoms with E-state index in [0.717, 1.165) is 32.5 Å². The summed E-state index contributed by atoms with van der Waals surface area (Å²) in [6.07, 6.45) is 4.01. The Kier molecular flexibility index (Phi) is 4.13. The first kappa shape index (κ1) is 14.4. The first-order valence-corrected chi connectivity index (χ1v) is 7.86. The highest BCUT2D eigenvalue weighted by atomic mass is 16.3. The molecule has 2 N–H and O–H groups in total. The van der Waals surface area contributed by atoms with Crippen molar-refractivity contribution in [2.45, 2.75) is 32.8 Å². The summed E-state index contributed by atoms with van der Waals surface area (Å²) in [5.74, 6) is 0. The normalized spacial score (nSPS) is 18.0. The van der Waals surface area contributed by atoms with Gasteiger partial charge in [-0.3, -0.25) is 4.90 Å². The molecule has 0 saturated heterocycles. The lowest BCUT2D eigenvalue weighted by molar-refractivity contribution is 0.115. The molecule has 1 aromatic carbocycles. The van der Waals surface area contributed by atoms with Crippen molar-refractivity contribution in [1.29, 1.82) is 0 Å². The number of aliphatic hydroxyl groups excluding tert-OH is 1. The second kappa shape index (κ2) is 6.04. The Labute approximate surface area is 126 Å². The van der Waals surface area contributed by atoms with Crippen LogP contribution < -0.4 is 0 Å². The van der Waals surface area contributed by atoms with Crippen LogP contribution in [0.15, 0.2) is 30.3 Å². The van der Waals surface area contributed by atoms with Gasteiger partial charge >= 0.3 is 0 Å². The van der Waals surface area contributed by atoms with E-state index < -0.39 is 0 Å². The second-order valence-corrected chi connectivity index (χ2v) is 5.97. The zero-order valence-corrected chi connectivity index (χ0v) is 12.9. The maximum Gasteiger partial charge on any atom is 0.0664 e. The van der Waals surface area contributed by atoms with E-state index in [9.17, 15) is 5.11 Å². The Bertz CT molecular complexity index is 656. The van der Waals surface area contributed by atoms with Gasteiger partial charge in [0.1, 0.15) is 0 Å². The summed E-state index contributed by atoms with van der Waals surface area (Å²) in [4.78, 5) is 5.82. The number of aliphatic hydroxyl groups is 1. The molecule has 21 heavy (non-hydrogen) atoms. The molecule has 3 heteroatoms. The first-order chi connectivity index (χ1) is 10.2. The minimum atomic E-state index is -0.199. The lowest BCUT2D eigenvalue weighted by atomic mass is 9.96. The van der Waals surface area contributed by atoms with Gasteiger partial charge in [0.15, 0.2) is 0 Å². The van der Waals surface area contributed by atoms with Gasteiger partial charge in [-0.05, 0) is 31.4 Å². The van der Waals surface area contributed by atoms with Gasteiger partial charge in [0.25, 0.3) is 0 Å². The molecular weight excluding hydrogens is 260 g/mol. The Balaban J connectivity index is 1.83. The lowest BCUT2D eigenvalue weighted by Crippen LogP contribution is -2.35. The van der Waals surface area contributed by atoms with Crippen molar-refractivity contribution in [3.05, 3.63) is 41.6 Å². The smallest absolute Gasteiger partial charge is 0.0664 e. The van der Waals surface area contributed by atoms with E-state index in [1.807, 2.05) is 6.92 Å². The molecule has 1 aliphatic rings. The highest BCUT2D eigenvalue weighted by Crippen LogP contribution is 2.32. The summed E-state index contributed by atoms with van der Waals surface area (Å²) in [5.41, 5.74) is 5.28. The molecule has 1 aromatic heterocycles. The van der Waals surface area contributed by atoms with Crippen molar-refractivity contribution >= 4 is 16.5 Å². The summed E-state index contributed by atoms with van der Waals surface area (Å²) in [5, 5.41) is 11.1. The number of β-amino-alcohol motifs (C(OH)–C–C–N with tert-alkyl or cyclic N) is 1. The van der Waals surface area contributed by atoms with Gasteiger partial charge in [0.2, 0.25) is 0 Å². The standard InChI is InChI=1S/C18H24N2O/c1-3-15(21)12-20-10-8-14(9-11-20)18-13(2)19-17-7-5-4-6-16(17)18/h4-8,15,19,21H,3,9-12H2,1-2H3/t15-/m1/s1. The number of para-hydroxylation sites is 1. The predicted octanol–water partition coefficient (Wildman–Crippen LogP) is 3.34. The number of hydrogen-bond acceptors (Lipinski definition) is 2. The maximum absolute atomic E-state index is 9.78. The van der Waals surface area contributed by atoms with Gasteiger partial charge < -0.3 is 10.1 Å². The SMILES string of the molecule is CC[C@@H](O)CN1CC=C(c2c(C)[nH]c3ccccc23)CC1. The van der Waals surface area contributed by atoms with E-state index in [-0.39, 0.29) is 6.10 Å². The number of fused-ring (bicyclic) bond motifs is 1. The quantitative estimate of drug-likeness (QED) is 0.904. The monoisotopic (exact) mass is 284 g/mol. The van der Waals surface area contributed by atoms with Gasteiger partial charge in [0, 0.05) is 41.8 Å². The molecule has 2 heterocycles. The van der Waals surface area contributed by atoms with Crippen molar-refractivity contribution in [3.8, 4) is 0 Å². The number of nitrogens with zero attached hydrogens (tertiary/aromatic N) is 1. The van der Waals surface area contributed by atoms with Gasteiger partial charge in [0.05, 0.1) is 6.10 Å². The number of hydrogen-bond donors (Lipinski definition) is 2. The van der Waals surface area contributed by atoms with Crippen molar-refractivity contribution in [1.82, 2.24) is 9.88 Å². The Morgan fingerprint density at radius 2 is 2.14 bits per heavy atom. The fourth-order valence-electron chi connectivity index (χ4n) is 3.22. The molecule has 0 spiro atoms. The minimum Gasteiger partial charge on any atom is -0.392 e. The van der Waals surface area contributed by atoms with Crippen molar-refractivity contribution in [3.63, 3.8) is 0 Å². The van der Waals surface area contributed by atoms with Crippen LogP contribution in [0.4, 0.5) is 0 Å². The molecule has 0 unspecified atom stereocenters. The van der Waals surface area contributed by atoms with E-state index >= 15 is 0 Å². The molecule has 1 atom stereocenters. The van der Waals surface area contributed by atoms with Crippen molar-refractivity contribution in [2.75, 3.05) is 19.6 Å². The maximum atomic E-state index is 9.78. The number of aromatic amines is 1. The van der Waals surface area contributed by atoms with Crippen LogP contribution in [0.3, 0.4) is 0 Å². The van der Waals surface area contributed by atoms with E-state index in [4.69, 9.17) is 0 Å². The summed E-state index contributed by atoms with van der Waals surface area (Å²) in [6.45, 7) is 6.94. The largest absolute Gasteiger partial charge is 0.392 e. The molecule has 0 bridgehead atoms. The topological polar surface area (TPSA) is 39.3 Å². The number of nitrogens with one attached hydrogen (secondary N) is 1. The molecule has 0 amide bonds. The Hall–Kier alpha value is -1.58. The summed E-state index contributed by atoms with van der Waals surface area (Å²) in [7, 11) is 0. The second-order valence-electron chi connectivity index (χ2n) is 5.97. The van der Waals surface area contributed by atoms with Crippen molar-refractivity contribution in [2.24, 2.45) is 0 Å². The number of aromatic nitrogens is 1. The first-order valence-electron chi connectivity index (χ1n) is 7.86. The highest BCUT2D eigenvalue weighted by molar-refractivity contribution is 5.94. The summed E-state index contributed by atoms with van der Waals surface area (Å²) in [6, 6.07) is 8.51. The third kappa shape index (κ3) is 2.89. The molecule has 3 nitrogen and oxygen atoms in total. The van der Waals surface area contributed by atoms with Crippen LogP contribution in [0.1, 0.15) is 31.0 Å². The van der Waals surface area contributed by atoms with E-state index in [1.54, 1.807) is 0 Å². The van der Waals surface area contributed by atoms with Crippen LogP contribution in [0.2, 0.25) is 0 Å². The van der Waals surface area contributed by atoms with Crippen LogP contribution in [-0.4, -0.2) is 40.7 Å². The Morgan fingerprint density at radius 1 is 1.33 bits per heavy atom. The number of aryl methyl sites for hydroxylation is 1. The fraction of sp³-hybridized carbons (Fsp3) is 0.444.